The summed E-state index contributed by atoms with van der Waals surface area (Å²) in [6, 6.07) is 21.6. The highest BCUT2D eigenvalue weighted by Gasteiger charge is 2.25. The van der Waals surface area contributed by atoms with E-state index in [4.69, 9.17) is 0 Å². The molecule has 0 bridgehead atoms. The fourth-order valence-electron chi connectivity index (χ4n) is 3.92. The monoisotopic (exact) mass is 453 g/mol. The molecule has 1 aliphatic rings. The number of hydrogen-bond acceptors (Lipinski definition) is 4. The molecule has 32 heavy (non-hydrogen) atoms. The average Bonchev–Trinajstić information content (AvgIpc) is 3.27. The van der Waals surface area contributed by atoms with E-state index in [0.29, 0.717) is 12.1 Å². The number of amides is 1. The molecule has 8 heteroatoms. The van der Waals surface area contributed by atoms with Crippen molar-refractivity contribution in [1.82, 2.24) is 5.32 Å². The number of benzene rings is 3. The molecule has 0 saturated carbocycles. The number of para-hydroxylation sites is 1. The Kier molecular flexibility index (Phi) is 6.41. The standard InChI is InChI=1S/C24H24FN3O3S/c25-22-13-4-5-14-23(22)32(30,31)27-19-9-6-8-18(16-19)24(29)26-17-21-12-7-15-28(21)20-10-2-1-3-11-20/h1-6,8-11,13-14,16,21,27H,7,12,15,17H2,(H,26,29). The summed E-state index contributed by atoms with van der Waals surface area (Å²) in [5, 5.41) is 2.95. The molecule has 0 aromatic heterocycles. The van der Waals surface area contributed by atoms with Crippen molar-refractivity contribution in [3.8, 4) is 0 Å². The lowest BCUT2D eigenvalue weighted by Gasteiger charge is -2.27. The predicted molar refractivity (Wildman–Crippen MR) is 123 cm³/mol. The first-order chi connectivity index (χ1) is 15.4. The maximum atomic E-state index is 13.9. The van der Waals surface area contributed by atoms with Crippen LogP contribution in [0.15, 0.2) is 83.8 Å². The van der Waals surface area contributed by atoms with Crippen molar-refractivity contribution >= 4 is 27.3 Å². The van der Waals surface area contributed by atoms with E-state index in [9.17, 15) is 17.6 Å². The minimum Gasteiger partial charge on any atom is -0.367 e. The Labute approximate surface area is 187 Å². The number of halogens is 1. The van der Waals surface area contributed by atoms with Gasteiger partial charge in [-0.15, -0.1) is 0 Å². The number of anilines is 2. The van der Waals surface area contributed by atoms with Crippen LogP contribution in [0, 0.1) is 5.82 Å². The molecule has 0 radical (unpaired) electrons. The maximum Gasteiger partial charge on any atom is 0.264 e. The van der Waals surface area contributed by atoms with Crippen molar-refractivity contribution in [2.45, 2.75) is 23.8 Å². The summed E-state index contributed by atoms with van der Waals surface area (Å²) < 4.78 is 41.3. The summed E-state index contributed by atoms with van der Waals surface area (Å²) in [7, 11) is -4.11. The first-order valence-electron chi connectivity index (χ1n) is 10.4. The van der Waals surface area contributed by atoms with E-state index in [2.05, 4.69) is 27.1 Å². The highest BCUT2D eigenvalue weighted by Crippen LogP contribution is 2.25. The van der Waals surface area contributed by atoms with Gasteiger partial charge in [-0.3, -0.25) is 9.52 Å². The van der Waals surface area contributed by atoms with Crippen molar-refractivity contribution in [2.75, 3.05) is 22.7 Å². The van der Waals surface area contributed by atoms with Gasteiger partial charge in [0.2, 0.25) is 0 Å². The van der Waals surface area contributed by atoms with Crippen LogP contribution in [0.4, 0.5) is 15.8 Å². The Morgan fingerprint density at radius 1 is 1.00 bits per heavy atom. The van der Waals surface area contributed by atoms with Gasteiger partial charge in [-0.05, 0) is 55.3 Å². The first-order valence-corrected chi connectivity index (χ1v) is 11.9. The molecular weight excluding hydrogens is 429 g/mol. The Morgan fingerprint density at radius 3 is 2.53 bits per heavy atom. The van der Waals surface area contributed by atoms with Gasteiger partial charge in [-0.25, -0.2) is 12.8 Å². The molecule has 1 aliphatic heterocycles. The molecule has 1 fully saturated rings. The van der Waals surface area contributed by atoms with Gasteiger partial charge in [-0.2, -0.15) is 0 Å². The van der Waals surface area contributed by atoms with Gasteiger partial charge in [0, 0.05) is 36.1 Å². The summed E-state index contributed by atoms with van der Waals surface area (Å²) in [6.45, 7) is 1.43. The summed E-state index contributed by atoms with van der Waals surface area (Å²) in [5.41, 5.74) is 1.64. The third-order valence-electron chi connectivity index (χ3n) is 5.47. The molecule has 2 N–H and O–H groups in total. The number of carbonyl (C=O) groups is 1. The fraction of sp³-hybridized carbons (Fsp3) is 0.208. The van der Waals surface area contributed by atoms with E-state index in [1.807, 2.05) is 18.2 Å². The second-order valence-electron chi connectivity index (χ2n) is 7.65. The summed E-state index contributed by atoms with van der Waals surface area (Å²) in [4.78, 5) is 14.6. The average molecular weight is 454 g/mol. The van der Waals surface area contributed by atoms with E-state index in [-0.39, 0.29) is 17.6 Å². The molecule has 4 rings (SSSR count). The van der Waals surface area contributed by atoms with Crippen LogP contribution in [0.5, 0.6) is 0 Å². The third kappa shape index (κ3) is 4.91. The van der Waals surface area contributed by atoms with Gasteiger partial charge in [-0.1, -0.05) is 36.4 Å². The van der Waals surface area contributed by atoms with Crippen LogP contribution < -0.4 is 14.9 Å². The van der Waals surface area contributed by atoms with Crippen molar-refractivity contribution in [3.63, 3.8) is 0 Å². The van der Waals surface area contributed by atoms with Gasteiger partial charge >= 0.3 is 0 Å². The Bertz CT molecular complexity index is 1200. The van der Waals surface area contributed by atoms with Crippen LogP contribution in [-0.4, -0.2) is 33.5 Å². The largest absolute Gasteiger partial charge is 0.367 e. The fourth-order valence-corrected chi connectivity index (χ4v) is 5.05. The third-order valence-corrected chi connectivity index (χ3v) is 6.88. The SMILES string of the molecule is O=C(NCC1CCCN1c1ccccc1)c1cccc(NS(=O)(=O)c2ccccc2F)c1. The van der Waals surface area contributed by atoms with E-state index in [1.54, 1.807) is 12.1 Å². The highest BCUT2D eigenvalue weighted by atomic mass is 32.2. The summed E-state index contributed by atoms with van der Waals surface area (Å²) in [5.74, 6) is -1.13. The molecule has 1 amide bonds. The molecule has 6 nitrogen and oxygen atoms in total. The molecule has 3 aromatic rings. The zero-order valence-corrected chi connectivity index (χ0v) is 18.2. The second kappa shape index (κ2) is 9.40. The van der Waals surface area contributed by atoms with Crippen LogP contribution in [-0.2, 0) is 10.0 Å². The molecular formula is C24H24FN3O3S. The number of rotatable bonds is 7. The van der Waals surface area contributed by atoms with Crippen molar-refractivity contribution in [3.05, 3.63) is 90.2 Å². The smallest absolute Gasteiger partial charge is 0.264 e. The molecule has 1 saturated heterocycles. The number of nitrogens with zero attached hydrogens (tertiary/aromatic N) is 1. The van der Waals surface area contributed by atoms with E-state index in [1.165, 1.54) is 30.3 Å². The summed E-state index contributed by atoms with van der Waals surface area (Å²) in [6.07, 6.45) is 2.04. The lowest BCUT2D eigenvalue weighted by molar-refractivity contribution is 0.0951. The van der Waals surface area contributed by atoms with Crippen LogP contribution in [0.1, 0.15) is 23.2 Å². The first kappa shape index (κ1) is 21.8. The lowest BCUT2D eigenvalue weighted by Crippen LogP contribution is -2.40. The minimum atomic E-state index is -4.11. The topological polar surface area (TPSA) is 78.5 Å². The zero-order valence-electron chi connectivity index (χ0n) is 17.4. The van der Waals surface area contributed by atoms with Gasteiger partial charge < -0.3 is 10.2 Å². The molecule has 3 aromatic carbocycles. The highest BCUT2D eigenvalue weighted by molar-refractivity contribution is 7.92. The van der Waals surface area contributed by atoms with Crippen molar-refractivity contribution < 1.29 is 17.6 Å². The molecule has 0 aliphatic carbocycles. The van der Waals surface area contributed by atoms with E-state index < -0.39 is 20.7 Å². The zero-order chi connectivity index (χ0) is 22.6. The maximum absolute atomic E-state index is 13.9. The van der Waals surface area contributed by atoms with Gasteiger partial charge in [0.1, 0.15) is 10.7 Å². The van der Waals surface area contributed by atoms with Crippen molar-refractivity contribution in [1.29, 1.82) is 0 Å². The van der Waals surface area contributed by atoms with E-state index >= 15 is 0 Å². The van der Waals surface area contributed by atoms with Crippen LogP contribution in [0.2, 0.25) is 0 Å². The van der Waals surface area contributed by atoms with E-state index in [0.717, 1.165) is 31.1 Å². The number of carbonyl (C=O) groups excluding carboxylic acids is 1. The van der Waals surface area contributed by atoms with Gasteiger partial charge in [0.05, 0.1) is 0 Å². The predicted octanol–water partition coefficient (Wildman–Crippen LogP) is 4.03. The quantitative estimate of drug-likeness (QED) is 0.566. The molecule has 0 spiro atoms. The second-order valence-corrected chi connectivity index (χ2v) is 9.30. The Hall–Kier alpha value is -3.39. The van der Waals surface area contributed by atoms with Crippen LogP contribution in [0.3, 0.4) is 0 Å². The molecule has 166 valence electrons. The van der Waals surface area contributed by atoms with Crippen LogP contribution in [0.25, 0.3) is 0 Å². The normalized spacial score (nSPS) is 16.0. The number of nitrogens with one attached hydrogen (secondary N) is 2. The number of hydrogen-bond donors (Lipinski definition) is 2. The number of sulfonamides is 1. The van der Waals surface area contributed by atoms with Crippen molar-refractivity contribution in [2.24, 2.45) is 0 Å². The molecule has 1 unspecified atom stereocenters. The Morgan fingerprint density at radius 2 is 1.75 bits per heavy atom. The van der Waals surface area contributed by atoms with Gasteiger partial charge in [0.15, 0.2) is 0 Å². The lowest BCUT2D eigenvalue weighted by atomic mass is 10.1. The Balaban J connectivity index is 1.42. The van der Waals surface area contributed by atoms with Crippen LogP contribution >= 0.6 is 0 Å². The molecule has 1 heterocycles. The molecule has 1 atom stereocenters. The summed E-state index contributed by atoms with van der Waals surface area (Å²) >= 11 is 0. The minimum absolute atomic E-state index is 0.188. The van der Waals surface area contributed by atoms with Gasteiger partial charge in [0.25, 0.3) is 15.9 Å².